The second kappa shape index (κ2) is 5.65. The maximum Gasteiger partial charge on any atom is 0.0767 e. The van der Waals surface area contributed by atoms with Crippen molar-refractivity contribution < 1.29 is 5.11 Å². The molecule has 0 radical (unpaired) electrons. The molecule has 2 aromatic rings. The van der Waals surface area contributed by atoms with Crippen LogP contribution in [0.1, 0.15) is 23.6 Å². The van der Waals surface area contributed by atoms with Crippen LogP contribution >= 0.6 is 0 Å². The maximum atomic E-state index is 9.91. The Morgan fingerprint density at radius 3 is 2.17 bits per heavy atom. The number of aliphatic hydroxyl groups is 1. The van der Waals surface area contributed by atoms with Crippen molar-refractivity contribution in [2.24, 2.45) is 0 Å². The van der Waals surface area contributed by atoms with Gasteiger partial charge in [-0.3, -0.25) is 0 Å². The summed E-state index contributed by atoms with van der Waals surface area (Å²) in [5, 5.41) is 9.91. The van der Waals surface area contributed by atoms with Gasteiger partial charge in [-0.05, 0) is 36.6 Å². The van der Waals surface area contributed by atoms with Crippen molar-refractivity contribution in [2.75, 3.05) is 0 Å². The molecule has 1 heteroatoms. The zero-order valence-electron chi connectivity index (χ0n) is 10.8. The minimum Gasteiger partial charge on any atom is -0.389 e. The van der Waals surface area contributed by atoms with Crippen LogP contribution in [0.3, 0.4) is 0 Å². The van der Waals surface area contributed by atoms with Gasteiger partial charge in [-0.25, -0.2) is 0 Å². The van der Waals surface area contributed by atoms with Crippen LogP contribution in [-0.4, -0.2) is 11.2 Å². The van der Waals surface area contributed by atoms with Crippen LogP contribution < -0.4 is 0 Å². The van der Waals surface area contributed by atoms with Gasteiger partial charge in [-0.15, -0.1) is 0 Å². The van der Waals surface area contributed by atoms with Crippen LogP contribution in [0, 0.1) is 6.92 Å². The highest BCUT2D eigenvalue weighted by Gasteiger charge is 2.07. The highest BCUT2D eigenvalue weighted by Crippen LogP contribution is 2.21. The van der Waals surface area contributed by atoms with E-state index in [-0.39, 0.29) is 0 Å². The summed E-state index contributed by atoms with van der Waals surface area (Å²) in [5.74, 6) is 0. The average molecular weight is 238 g/mol. The molecule has 0 saturated heterocycles. The Morgan fingerprint density at radius 1 is 1.00 bits per heavy atom. The van der Waals surface area contributed by atoms with Gasteiger partial charge in [-0.1, -0.05) is 60.2 Å². The normalized spacial score (nSPS) is 13.4. The second-order valence-electron chi connectivity index (χ2n) is 4.55. The summed E-state index contributed by atoms with van der Waals surface area (Å²) in [6, 6.07) is 18.3. The van der Waals surface area contributed by atoms with Gasteiger partial charge in [0.05, 0.1) is 6.10 Å². The lowest BCUT2D eigenvalue weighted by Gasteiger charge is -2.11. The van der Waals surface area contributed by atoms with Crippen molar-refractivity contribution in [1.82, 2.24) is 0 Å². The quantitative estimate of drug-likeness (QED) is 0.804. The molecule has 1 atom stereocenters. The number of benzene rings is 2. The molecule has 92 valence electrons. The van der Waals surface area contributed by atoms with E-state index in [1.165, 1.54) is 5.56 Å². The van der Waals surface area contributed by atoms with E-state index in [1.54, 1.807) is 6.92 Å². The topological polar surface area (TPSA) is 20.2 Å². The number of aryl methyl sites for hydroxylation is 1. The van der Waals surface area contributed by atoms with E-state index in [0.29, 0.717) is 0 Å². The monoisotopic (exact) mass is 238 g/mol. The molecule has 1 nitrogen and oxygen atoms in total. The Balaban J connectivity index is 2.39. The third-order valence-electron chi connectivity index (χ3n) is 2.96. The van der Waals surface area contributed by atoms with Gasteiger partial charge < -0.3 is 5.11 Å². The van der Waals surface area contributed by atoms with Crippen LogP contribution in [0.2, 0.25) is 0 Å². The van der Waals surface area contributed by atoms with E-state index < -0.39 is 6.10 Å². The molecular formula is C17H18O. The van der Waals surface area contributed by atoms with E-state index in [1.807, 2.05) is 36.4 Å². The van der Waals surface area contributed by atoms with Gasteiger partial charge in [0.15, 0.2) is 0 Å². The summed E-state index contributed by atoms with van der Waals surface area (Å²) >= 11 is 0. The molecule has 0 spiro atoms. The highest BCUT2D eigenvalue weighted by molar-refractivity contribution is 5.83. The Morgan fingerprint density at radius 2 is 1.61 bits per heavy atom. The molecule has 0 fully saturated rings. The first-order valence-corrected chi connectivity index (χ1v) is 6.18. The van der Waals surface area contributed by atoms with Crippen molar-refractivity contribution in [3.05, 3.63) is 71.3 Å². The fourth-order valence-corrected chi connectivity index (χ4v) is 1.92. The molecule has 0 saturated carbocycles. The molecule has 2 rings (SSSR count). The van der Waals surface area contributed by atoms with Crippen molar-refractivity contribution in [3.63, 3.8) is 0 Å². The molecule has 1 N–H and O–H groups in total. The summed E-state index contributed by atoms with van der Waals surface area (Å²) in [4.78, 5) is 0. The van der Waals surface area contributed by atoms with E-state index in [0.717, 1.165) is 16.7 Å². The van der Waals surface area contributed by atoms with Crippen molar-refractivity contribution in [2.45, 2.75) is 20.0 Å². The largest absolute Gasteiger partial charge is 0.389 e. The molecule has 0 heterocycles. The Bertz CT molecular complexity index is 521. The minimum atomic E-state index is -0.478. The van der Waals surface area contributed by atoms with Crippen molar-refractivity contribution in [1.29, 1.82) is 0 Å². The van der Waals surface area contributed by atoms with E-state index in [2.05, 4.69) is 31.2 Å². The Labute approximate surface area is 108 Å². The van der Waals surface area contributed by atoms with E-state index in [9.17, 15) is 5.11 Å². The summed E-state index contributed by atoms with van der Waals surface area (Å²) in [6.07, 6.45) is 1.56. The van der Waals surface area contributed by atoms with Crippen molar-refractivity contribution >= 4 is 11.6 Å². The second-order valence-corrected chi connectivity index (χ2v) is 4.55. The van der Waals surface area contributed by atoms with Gasteiger partial charge in [0.25, 0.3) is 0 Å². The summed E-state index contributed by atoms with van der Waals surface area (Å²) in [7, 11) is 0. The van der Waals surface area contributed by atoms with Gasteiger partial charge in [0.1, 0.15) is 0 Å². The minimum absolute atomic E-state index is 0.478. The number of hydrogen-bond acceptors (Lipinski definition) is 1. The molecule has 0 aromatic heterocycles. The lowest BCUT2D eigenvalue weighted by Crippen LogP contribution is -2.03. The molecule has 18 heavy (non-hydrogen) atoms. The SMILES string of the molecule is Cc1ccc(/C=C(\c2ccccc2)C(C)O)cc1. The van der Waals surface area contributed by atoms with Gasteiger partial charge in [-0.2, -0.15) is 0 Å². The molecule has 0 aliphatic carbocycles. The molecular weight excluding hydrogens is 220 g/mol. The number of rotatable bonds is 3. The smallest absolute Gasteiger partial charge is 0.0767 e. The van der Waals surface area contributed by atoms with E-state index in [4.69, 9.17) is 0 Å². The van der Waals surface area contributed by atoms with Gasteiger partial charge in [0, 0.05) is 0 Å². The third kappa shape index (κ3) is 3.08. The Hall–Kier alpha value is -1.86. The van der Waals surface area contributed by atoms with E-state index >= 15 is 0 Å². The van der Waals surface area contributed by atoms with Crippen LogP contribution in [0.4, 0.5) is 0 Å². The number of aliphatic hydroxyl groups excluding tert-OH is 1. The summed E-state index contributed by atoms with van der Waals surface area (Å²) in [5.41, 5.74) is 4.36. The lowest BCUT2D eigenvalue weighted by atomic mass is 9.98. The first-order valence-electron chi connectivity index (χ1n) is 6.18. The van der Waals surface area contributed by atoms with Crippen LogP contribution in [0.5, 0.6) is 0 Å². The lowest BCUT2D eigenvalue weighted by molar-refractivity contribution is 0.254. The standard InChI is InChI=1S/C17H18O/c1-13-8-10-15(11-9-13)12-17(14(2)18)16-6-4-3-5-7-16/h3-12,14,18H,1-2H3/b17-12-. The highest BCUT2D eigenvalue weighted by atomic mass is 16.3. The fourth-order valence-electron chi connectivity index (χ4n) is 1.92. The molecule has 2 aromatic carbocycles. The molecule has 0 bridgehead atoms. The first-order chi connectivity index (χ1) is 8.66. The van der Waals surface area contributed by atoms with Crippen LogP contribution in [0.15, 0.2) is 54.6 Å². The molecule has 0 aliphatic heterocycles. The van der Waals surface area contributed by atoms with Crippen LogP contribution in [-0.2, 0) is 0 Å². The number of hydrogen-bond donors (Lipinski definition) is 1. The molecule has 0 amide bonds. The molecule has 1 unspecified atom stereocenters. The van der Waals surface area contributed by atoms with Gasteiger partial charge >= 0.3 is 0 Å². The third-order valence-corrected chi connectivity index (χ3v) is 2.96. The zero-order chi connectivity index (χ0) is 13.0. The zero-order valence-corrected chi connectivity index (χ0v) is 10.8. The van der Waals surface area contributed by atoms with Gasteiger partial charge in [0.2, 0.25) is 0 Å². The van der Waals surface area contributed by atoms with Crippen LogP contribution in [0.25, 0.3) is 11.6 Å². The maximum absolute atomic E-state index is 9.91. The summed E-state index contributed by atoms with van der Waals surface area (Å²) in [6.45, 7) is 3.87. The first kappa shape index (κ1) is 12.6. The predicted molar refractivity (Wildman–Crippen MR) is 77.2 cm³/mol. The fraction of sp³-hybridized carbons (Fsp3) is 0.176. The Kier molecular flexibility index (Phi) is 3.96. The molecule has 0 aliphatic rings. The average Bonchev–Trinajstić information content (AvgIpc) is 2.38. The summed E-state index contributed by atoms with van der Waals surface area (Å²) < 4.78 is 0. The van der Waals surface area contributed by atoms with Crippen molar-refractivity contribution in [3.8, 4) is 0 Å². The predicted octanol–water partition coefficient (Wildman–Crippen LogP) is 3.92.